The van der Waals surface area contributed by atoms with Crippen LogP contribution in [0.15, 0.2) is 24.3 Å². The number of aliphatic hydroxyl groups excluding tert-OH is 1. The van der Waals surface area contributed by atoms with Gasteiger partial charge in [0, 0.05) is 0 Å². The highest BCUT2D eigenvalue weighted by Crippen LogP contribution is 2.19. The van der Waals surface area contributed by atoms with Crippen LogP contribution in [0.25, 0.3) is 0 Å². The summed E-state index contributed by atoms with van der Waals surface area (Å²) < 4.78 is 28.5. The first-order chi connectivity index (χ1) is 7.63. The van der Waals surface area contributed by atoms with Crippen molar-refractivity contribution in [3.8, 4) is 5.75 Å². The second-order valence-corrected chi connectivity index (χ2v) is 3.36. The minimum atomic E-state index is -2.48. The molecule has 0 aliphatic rings. The average Bonchev–Trinajstić information content (AvgIpc) is 2.27. The molecule has 0 fully saturated rings. The van der Waals surface area contributed by atoms with Gasteiger partial charge in [0.15, 0.2) is 0 Å². The minimum absolute atomic E-state index is 0.365. The number of halogens is 2. The Morgan fingerprint density at radius 1 is 1.25 bits per heavy atom. The van der Waals surface area contributed by atoms with Gasteiger partial charge in [-0.05, 0) is 30.7 Å². The standard InChI is InChI=1S/C11H15F2NO2/c12-11(13)7-16-9-3-1-8(2-4-9)10(15)5-6-14/h1-4,10-11,15H,5-7,14H2. The number of hydrogen-bond acceptors (Lipinski definition) is 3. The van der Waals surface area contributed by atoms with Crippen LogP contribution in [0.2, 0.25) is 0 Å². The van der Waals surface area contributed by atoms with E-state index in [0.29, 0.717) is 24.3 Å². The van der Waals surface area contributed by atoms with Gasteiger partial charge in [-0.2, -0.15) is 0 Å². The second kappa shape index (κ2) is 6.40. The lowest BCUT2D eigenvalue weighted by Gasteiger charge is -2.10. The van der Waals surface area contributed by atoms with E-state index < -0.39 is 19.1 Å². The van der Waals surface area contributed by atoms with E-state index >= 15 is 0 Å². The number of alkyl halides is 2. The third kappa shape index (κ3) is 4.12. The van der Waals surface area contributed by atoms with Crippen molar-refractivity contribution in [2.75, 3.05) is 13.2 Å². The van der Waals surface area contributed by atoms with Crippen LogP contribution < -0.4 is 10.5 Å². The van der Waals surface area contributed by atoms with E-state index in [9.17, 15) is 13.9 Å². The molecule has 90 valence electrons. The third-order valence-electron chi connectivity index (χ3n) is 2.08. The molecule has 0 radical (unpaired) electrons. The Kier molecular flexibility index (Phi) is 5.14. The molecule has 1 rings (SSSR count). The Hall–Kier alpha value is -1.20. The van der Waals surface area contributed by atoms with Gasteiger partial charge in [0.1, 0.15) is 12.4 Å². The van der Waals surface area contributed by atoms with Gasteiger partial charge < -0.3 is 15.6 Å². The summed E-state index contributed by atoms with van der Waals surface area (Å²) >= 11 is 0. The van der Waals surface area contributed by atoms with Crippen molar-refractivity contribution in [1.29, 1.82) is 0 Å². The largest absolute Gasteiger partial charge is 0.488 e. The summed E-state index contributed by atoms with van der Waals surface area (Å²) in [5, 5.41) is 9.59. The molecule has 3 N–H and O–H groups in total. The van der Waals surface area contributed by atoms with Crippen LogP contribution in [0.5, 0.6) is 5.75 Å². The first-order valence-corrected chi connectivity index (χ1v) is 5.02. The van der Waals surface area contributed by atoms with E-state index in [1.165, 1.54) is 0 Å². The lowest BCUT2D eigenvalue weighted by atomic mass is 10.1. The quantitative estimate of drug-likeness (QED) is 0.783. The summed E-state index contributed by atoms with van der Waals surface area (Å²) in [6, 6.07) is 6.39. The monoisotopic (exact) mass is 231 g/mol. The molecule has 0 aliphatic carbocycles. The summed E-state index contributed by atoms with van der Waals surface area (Å²) in [5.41, 5.74) is 6.01. The Bertz CT molecular complexity index is 303. The maximum Gasteiger partial charge on any atom is 0.272 e. The Labute approximate surface area is 92.8 Å². The molecular formula is C11H15F2NO2. The summed E-state index contributed by atoms with van der Waals surface area (Å²) in [7, 11) is 0. The lowest BCUT2D eigenvalue weighted by molar-refractivity contribution is 0.0818. The molecule has 16 heavy (non-hydrogen) atoms. The Morgan fingerprint density at radius 3 is 2.38 bits per heavy atom. The molecule has 0 saturated heterocycles. The van der Waals surface area contributed by atoms with Crippen LogP contribution in [0.3, 0.4) is 0 Å². The molecule has 1 unspecified atom stereocenters. The number of rotatable bonds is 6. The normalized spacial score (nSPS) is 12.8. The second-order valence-electron chi connectivity index (χ2n) is 3.36. The highest BCUT2D eigenvalue weighted by Gasteiger charge is 2.07. The molecule has 0 bridgehead atoms. The SMILES string of the molecule is NCCC(O)c1ccc(OCC(F)F)cc1. The molecular weight excluding hydrogens is 216 g/mol. The Morgan fingerprint density at radius 2 is 1.88 bits per heavy atom. The number of aliphatic hydroxyl groups is 1. The van der Waals surface area contributed by atoms with Crippen LogP contribution in [0.4, 0.5) is 8.78 Å². The van der Waals surface area contributed by atoms with Gasteiger partial charge in [0.2, 0.25) is 0 Å². The van der Waals surface area contributed by atoms with E-state index in [4.69, 9.17) is 10.5 Å². The number of hydrogen-bond donors (Lipinski definition) is 2. The molecule has 3 nitrogen and oxygen atoms in total. The van der Waals surface area contributed by atoms with Crippen molar-refractivity contribution < 1.29 is 18.6 Å². The fourth-order valence-corrected chi connectivity index (χ4v) is 1.27. The number of ether oxygens (including phenoxy) is 1. The van der Waals surface area contributed by atoms with E-state index in [-0.39, 0.29) is 0 Å². The minimum Gasteiger partial charge on any atom is -0.488 e. The maximum atomic E-state index is 11.8. The molecule has 0 heterocycles. The predicted molar refractivity (Wildman–Crippen MR) is 56.6 cm³/mol. The summed E-state index contributed by atoms with van der Waals surface area (Å²) in [4.78, 5) is 0. The smallest absolute Gasteiger partial charge is 0.272 e. The molecule has 1 aromatic rings. The van der Waals surface area contributed by atoms with Crippen molar-refractivity contribution in [2.24, 2.45) is 5.73 Å². The van der Waals surface area contributed by atoms with Crippen LogP contribution in [0, 0.1) is 0 Å². The zero-order valence-corrected chi connectivity index (χ0v) is 8.77. The van der Waals surface area contributed by atoms with E-state index in [0.717, 1.165) is 0 Å². The van der Waals surface area contributed by atoms with Gasteiger partial charge in [0.25, 0.3) is 6.43 Å². The predicted octanol–water partition coefficient (Wildman–Crippen LogP) is 1.71. The summed E-state index contributed by atoms with van der Waals surface area (Å²) in [6.45, 7) is -0.227. The molecule has 0 saturated carbocycles. The number of nitrogens with two attached hydrogens (primary N) is 1. The highest BCUT2D eigenvalue weighted by molar-refractivity contribution is 5.28. The van der Waals surface area contributed by atoms with Crippen LogP contribution >= 0.6 is 0 Å². The van der Waals surface area contributed by atoms with Gasteiger partial charge in [-0.3, -0.25) is 0 Å². The van der Waals surface area contributed by atoms with Gasteiger partial charge in [-0.15, -0.1) is 0 Å². The highest BCUT2D eigenvalue weighted by atomic mass is 19.3. The molecule has 0 aromatic heterocycles. The fourth-order valence-electron chi connectivity index (χ4n) is 1.27. The number of benzene rings is 1. The lowest BCUT2D eigenvalue weighted by Crippen LogP contribution is -2.08. The first-order valence-electron chi connectivity index (χ1n) is 5.02. The van der Waals surface area contributed by atoms with Crippen molar-refractivity contribution in [3.63, 3.8) is 0 Å². The van der Waals surface area contributed by atoms with Gasteiger partial charge >= 0.3 is 0 Å². The fraction of sp³-hybridized carbons (Fsp3) is 0.455. The van der Waals surface area contributed by atoms with E-state index in [1.54, 1.807) is 24.3 Å². The topological polar surface area (TPSA) is 55.5 Å². The molecule has 0 aliphatic heterocycles. The summed E-state index contributed by atoms with van der Waals surface area (Å²) in [5.74, 6) is 0.365. The first kappa shape index (κ1) is 12.9. The van der Waals surface area contributed by atoms with Crippen molar-refractivity contribution in [2.45, 2.75) is 19.0 Å². The van der Waals surface area contributed by atoms with E-state index in [1.807, 2.05) is 0 Å². The third-order valence-corrected chi connectivity index (χ3v) is 2.08. The van der Waals surface area contributed by atoms with Crippen LogP contribution in [-0.4, -0.2) is 24.7 Å². The van der Waals surface area contributed by atoms with Gasteiger partial charge in [0.05, 0.1) is 6.10 Å². The Balaban J connectivity index is 2.53. The summed E-state index contributed by atoms with van der Waals surface area (Å²) in [6.07, 6.45) is -2.63. The molecule has 0 spiro atoms. The molecule has 1 aromatic carbocycles. The van der Waals surface area contributed by atoms with Crippen LogP contribution in [0.1, 0.15) is 18.1 Å². The zero-order chi connectivity index (χ0) is 12.0. The van der Waals surface area contributed by atoms with Crippen molar-refractivity contribution in [3.05, 3.63) is 29.8 Å². The van der Waals surface area contributed by atoms with Crippen molar-refractivity contribution in [1.82, 2.24) is 0 Å². The zero-order valence-electron chi connectivity index (χ0n) is 8.77. The molecule has 0 amide bonds. The van der Waals surface area contributed by atoms with Crippen LogP contribution in [-0.2, 0) is 0 Å². The van der Waals surface area contributed by atoms with Crippen molar-refractivity contribution >= 4 is 0 Å². The molecule has 1 atom stereocenters. The van der Waals surface area contributed by atoms with Gasteiger partial charge in [-0.25, -0.2) is 8.78 Å². The maximum absolute atomic E-state index is 11.8. The average molecular weight is 231 g/mol. The molecule has 5 heteroatoms. The van der Waals surface area contributed by atoms with E-state index in [2.05, 4.69) is 0 Å². The van der Waals surface area contributed by atoms with Gasteiger partial charge in [-0.1, -0.05) is 12.1 Å².